The summed E-state index contributed by atoms with van der Waals surface area (Å²) in [6.45, 7) is 2.74. The molecule has 6 aromatic rings. The molecule has 192 valence electrons. The molecule has 10 heteroatoms. The molecule has 0 radical (unpaired) electrons. The van der Waals surface area contributed by atoms with Crippen LogP contribution in [0.2, 0.25) is 10.3 Å². The number of hydrogen-bond acceptors (Lipinski definition) is 5. The van der Waals surface area contributed by atoms with Gasteiger partial charge in [-0.15, -0.1) is 0 Å². The second-order valence-corrected chi connectivity index (χ2v) is 11.0. The lowest BCUT2D eigenvalue weighted by atomic mass is 10.1. The maximum Gasteiger partial charge on any atom is 0.256 e. The van der Waals surface area contributed by atoms with Gasteiger partial charge in [0.1, 0.15) is 10.3 Å². The first-order valence-corrected chi connectivity index (χ1v) is 14.1. The van der Waals surface area contributed by atoms with Crippen molar-refractivity contribution in [3.05, 3.63) is 90.5 Å². The molecule has 0 spiro atoms. The molecular formula is C28H20Br2Cl2N4O2. The molecule has 0 aliphatic heterocycles. The molecule has 4 aromatic heterocycles. The van der Waals surface area contributed by atoms with Gasteiger partial charge in [0.15, 0.2) is 0 Å². The van der Waals surface area contributed by atoms with Crippen molar-refractivity contribution in [3.63, 3.8) is 0 Å². The largest absolute Gasteiger partial charge is 0.477 e. The minimum absolute atomic E-state index is 0.101. The number of aromatic amines is 1. The average Bonchev–Trinajstić information content (AvgIpc) is 2.89. The zero-order valence-corrected chi connectivity index (χ0v) is 24.7. The molecule has 0 fully saturated rings. The molecule has 0 amide bonds. The summed E-state index contributed by atoms with van der Waals surface area (Å²) in [6, 6.07) is 15.0. The van der Waals surface area contributed by atoms with Gasteiger partial charge in [-0.3, -0.25) is 4.79 Å². The summed E-state index contributed by atoms with van der Waals surface area (Å²) in [5.74, 6) is 0.570. The number of halogens is 4. The number of fused-ring (bicyclic) bond motifs is 6. The van der Waals surface area contributed by atoms with Crippen LogP contribution in [0.3, 0.4) is 0 Å². The van der Waals surface area contributed by atoms with E-state index in [0.29, 0.717) is 28.2 Å². The Labute approximate surface area is 244 Å². The van der Waals surface area contributed by atoms with Crippen LogP contribution in [0.25, 0.3) is 43.4 Å². The highest BCUT2D eigenvalue weighted by molar-refractivity contribution is 9.10. The van der Waals surface area contributed by atoms with E-state index in [-0.39, 0.29) is 5.56 Å². The summed E-state index contributed by atoms with van der Waals surface area (Å²) in [6.07, 6.45) is 5.32. The molecule has 4 heterocycles. The van der Waals surface area contributed by atoms with Crippen molar-refractivity contribution in [2.24, 2.45) is 0 Å². The molecule has 0 unspecified atom stereocenters. The number of ether oxygens (including phenoxy) is 1. The van der Waals surface area contributed by atoms with Crippen LogP contribution in [0.5, 0.6) is 5.88 Å². The van der Waals surface area contributed by atoms with Gasteiger partial charge in [0.2, 0.25) is 5.88 Å². The summed E-state index contributed by atoms with van der Waals surface area (Å²) in [5.41, 5.74) is 1.39. The lowest BCUT2D eigenvalue weighted by Gasteiger charge is -2.10. The Morgan fingerprint density at radius 2 is 1.53 bits per heavy atom. The molecule has 0 aliphatic rings. The number of rotatable bonds is 4. The SMILES string of the molecule is CCCCOc1nccc2[nH]c(=O)c3ccc(Br)cc3c12.Clc1nc2ccnc(Cl)c2c2cc(Br)ccc12. The number of aromatic nitrogens is 4. The van der Waals surface area contributed by atoms with E-state index in [0.717, 1.165) is 59.8 Å². The first-order chi connectivity index (χ1) is 18.4. The minimum Gasteiger partial charge on any atom is -0.477 e. The van der Waals surface area contributed by atoms with Crippen molar-refractivity contribution in [3.8, 4) is 5.88 Å². The van der Waals surface area contributed by atoms with Gasteiger partial charge >= 0.3 is 0 Å². The van der Waals surface area contributed by atoms with Crippen LogP contribution in [0, 0.1) is 0 Å². The van der Waals surface area contributed by atoms with Gasteiger partial charge in [-0.25, -0.2) is 15.0 Å². The van der Waals surface area contributed by atoms with E-state index in [2.05, 4.69) is 58.7 Å². The third-order valence-corrected chi connectivity index (χ3v) is 7.53. The van der Waals surface area contributed by atoms with Crippen molar-refractivity contribution >= 4 is 98.4 Å². The number of pyridine rings is 4. The topological polar surface area (TPSA) is 80.8 Å². The first-order valence-electron chi connectivity index (χ1n) is 11.8. The highest BCUT2D eigenvalue weighted by Gasteiger charge is 2.12. The van der Waals surface area contributed by atoms with Crippen molar-refractivity contribution in [1.29, 1.82) is 0 Å². The van der Waals surface area contributed by atoms with Crippen LogP contribution in [0.15, 0.2) is 74.7 Å². The van der Waals surface area contributed by atoms with Crippen LogP contribution in [0.4, 0.5) is 0 Å². The molecule has 0 bridgehead atoms. The Morgan fingerprint density at radius 1 is 0.842 bits per heavy atom. The molecule has 2 aromatic carbocycles. The Bertz CT molecular complexity index is 1880. The fraction of sp³-hybridized carbons (Fsp3) is 0.143. The molecule has 1 N–H and O–H groups in total. The number of nitrogens with zero attached hydrogens (tertiary/aromatic N) is 3. The van der Waals surface area contributed by atoms with E-state index in [4.69, 9.17) is 27.9 Å². The van der Waals surface area contributed by atoms with Gasteiger partial charge in [0.25, 0.3) is 5.56 Å². The van der Waals surface area contributed by atoms with Gasteiger partial charge in [0.05, 0.1) is 23.0 Å². The molecule has 0 aliphatic carbocycles. The minimum atomic E-state index is -0.101. The lowest BCUT2D eigenvalue weighted by Crippen LogP contribution is -2.08. The third kappa shape index (κ3) is 5.36. The maximum absolute atomic E-state index is 12.1. The van der Waals surface area contributed by atoms with Gasteiger partial charge in [-0.05, 0) is 54.3 Å². The second-order valence-electron chi connectivity index (χ2n) is 8.47. The summed E-state index contributed by atoms with van der Waals surface area (Å²) in [5, 5.41) is 5.91. The van der Waals surface area contributed by atoms with Crippen LogP contribution >= 0.6 is 55.1 Å². The van der Waals surface area contributed by atoms with Gasteiger partial charge in [0, 0.05) is 42.9 Å². The van der Waals surface area contributed by atoms with Crippen LogP contribution in [-0.2, 0) is 0 Å². The fourth-order valence-corrected chi connectivity index (χ4v) is 5.41. The van der Waals surface area contributed by atoms with E-state index in [1.807, 2.05) is 30.3 Å². The number of benzene rings is 2. The summed E-state index contributed by atoms with van der Waals surface area (Å²) >= 11 is 19.2. The van der Waals surface area contributed by atoms with Crippen LogP contribution < -0.4 is 10.3 Å². The van der Waals surface area contributed by atoms with Crippen molar-refractivity contribution < 1.29 is 4.74 Å². The molecule has 6 nitrogen and oxygen atoms in total. The number of nitrogens with one attached hydrogen (secondary N) is 1. The fourth-order valence-electron chi connectivity index (χ4n) is 4.18. The molecule has 6 rings (SSSR count). The molecule has 0 saturated carbocycles. The predicted molar refractivity (Wildman–Crippen MR) is 163 cm³/mol. The smallest absolute Gasteiger partial charge is 0.256 e. The molecular weight excluding hydrogens is 655 g/mol. The first kappa shape index (κ1) is 26.8. The lowest BCUT2D eigenvalue weighted by molar-refractivity contribution is 0.302. The Hall–Kier alpha value is -2.78. The van der Waals surface area contributed by atoms with Crippen molar-refractivity contribution in [2.75, 3.05) is 6.61 Å². The molecule has 38 heavy (non-hydrogen) atoms. The molecule has 0 atom stereocenters. The van der Waals surface area contributed by atoms with E-state index < -0.39 is 0 Å². The standard InChI is InChI=1S/C16H15BrN2O2.C12H5BrCl2N2/c1-2-3-8-21-16-14-12-9-10(17)4-5-11(12)15(20)19-13(14)6-7-18-16;13-6-1-2-7-8(5-6)10-9(17-11(7)14)3-4-16-12(10)15/h4-7,9H,2-3,8H2,1H3,(H,19,20);1-5H. The number of hydrogen-bond donors (Lipinski definition) is 1. The monoisotopic (exact) mass is 672 g/mol. The van der Waals surface area contributed by atoms with Gasteiger partial charge in [-0.1, -0.05) is 74.5 Å². The Balaban J connectivity index is 0.000000158. The second kappa shape index (κ2) is 11.5. The van der Waals surface area contributed by atoms with E-state index >= 15 is 0 Å². The summed E-state index contributed by atoms with van der Waals surface area (Å²) in [7, 11) is 0. The quantitative estimate of drug-likeness (QED) is 0.115. The Morgan fingerprint density at radius 3 is 2.26 bits per heavy atom. The van der Waals surface area contributed by atoms with Crippen LogP contribution in [-0.4, -0.2) is 26.5 Å². The van der Waals surface area contributed by atoms with Crippen molar-refractivity contribution in [1.82, 2.24) is 19.9 Å². The van der Waals surface area contributed by atoms with Gasteiger partial charge in [-0.2, -0.15) is 0 Å². The normalized spacial score (nSPS) is 11.2. The van der Waals surface area contributed by atoms with E-state index in [9.17, 15) is 4.79 Å². The number of H-pyrrole nitrogens is 1. The van der Waals surface area contributed by atoms with Crippen molar-refractivity contribution in [2.45, 2.75) is 19.8 Å². The van der Waals surface area contributed by atoms with Crippen LogP contribution in [0.1, 0.15) is 19.8 Å². The maximum atomic E-state index is 12.1. The van der Waals surface area contributed by atoms with E-state index in [1.165, 1.54) is 0 Å². The third-order valence-electron chi connectivity index (χ3n) is 5.97. The summed E-state index contributed by atoms with van der Waals surface area (Å²) < 4.78 is 7.69. The van der Waals surface area contributed by atoms with E-state index in [1.54, 1.807) is 30.6 Å². The highest BCUT2D eigenvalue weighted by Crippen LogP contribution is 2.34. The number of unbranched alkanes of at least 4 members (excludes halogenated alkanes) is 1. The molecule has 0 saturated heterocycles. The zero-order valence-electron chi connectivity index (χ0n) is 20.1. The zero-order chi connectivity index (χ0) is 26.8. The Kier molecular flexibility index (Phi) is 8.14. The van der Waals surface area contributed by atoms with Gasteiger partial charge < -0.3 is 9.72 Å². The highest BCUT2D eigenvalue weighted by atomic mass is 79.9. The average molecular weight is 675 g/mol. The predicted octanol–water partition coefficient (Wildman–Crippen LogP) is 8.87. The summed E-state index contributed by atoms with van der Waals surface area (Å²) in [4.78, 5) is 27.8.